The Bertz CT molecular complexity index is 1440. The van der Waals surface area contributed by atoms with Gasteiger partial charge < -0.3 is 9.64 Å². The average Bonchev–Trinajstić information content (AvgIpc) is 3.47. The van der Waals surface area contributed by atoms with Crippen molar-refractivity contribution in [3.63, 3.8) is 0 Å². The lowest BCUT2D eigenvalue weighted by Crippen LogP contribution is -2.54. The number of ether oxygens (including phenoxy) is 1. The highest BCUT2D eigenvalue weighted by molar-refractivity contribution is 6.05. The van der Waals surface area contributed by atoms with Crippen LogP contribution in [0.5, 0.6) is 5.75 Å². The van der Waals surface area contributed by atoms with Gasteiger partial charge in [-0.05, 0) is 67.1 Å². The van der Waals surface area contributed by atoms with E-state index in [1.54, 1.807) is 4.90 Å². The molecule has 3 aromatic rings. The van der Waals surface area contributed by atoms with Gasteiger partial charge in [0.1, 0.15) is 17.9 Å². The number of rotatable bonds is 5. The number of hydrogen-bond acceptors (Lipinski definition) is 6. The lowest BCUT2D eigenvalue weighted by molar-refractivity contribution is -0.136. The Morgan fingerprint density at radius 3 is 2.71 bits per heavy atom. The third-order valence-electron chi connectivity index (χ3n) is 8.70. The molecule has 0 bridgehead atoms. The van der Waals surface area contributed by atoms with Crippen molar-refractivity contribution in [3.8, 4) is 5.75 Å². The van der Waals surface area contributed by atoms with E-state index >= 15 is 0 Å². The number of carbonyl (C=O) groups excluding carboxylic acids is 3. The number of para-hydroxylation sites is 1. The summed E-state index contributed by atoms with van der Waals surface area (Å²) >= 11 is 0. The number of piperidine rings is 1. The highest BCUT2D eigenvalue weighted by Gasteiger charge is 2.42. The third-order valence-corrected chi connectivity index (χ3v) is 8.70. The Labute approximate surface area is 221 Å². The van der Waals surface area contributed by atoms with Gasteiger partial charge in [0.05, 0.1) is 5.52 Å². The van der Waals surface area contributed by atoms with Gasteiger partial charge in [0.15, 0.2) is 0 Å². The molecule has 3 fully saturated rings. The summed E-state index contributed by atoms with van der Waals surface area (Å²) in [6.07, 6.45) is 5.94. The van der Waals surface area contributed by atoms with Crippen LogP contribution in [0.4, 0.5) is 0 Å². The number of nitrogens with zero attached hydrogens (tertiary/aromatic N) is 3. The highest BCUT2D eigenvalue weighted by Crippen LogP contribution is 2.38. The summed E-state index contributed by atoms with van der Waals surface area (Å²) in [4.78, 5) is 45.5. The molecule has 1 aliphatic carbocycles. The van der Waals surface area contributed by atoms with Crippen LogP contribution in [0.3, 0.4) is 0 Å². The maximum Gasteiger partial charge on any atom is 0.255 e. The van der Waals surface area contributed by atoms with Crippen LogP contribution in [0.1, 0.15) is 59.5 Å². The Kier molecular flexibility index (Phi) is 5.65. The highest BCUT2D eigenvalue weighted by atomic mass is 16.5. The zero-order valence-corrected chi connectivity index (χ0v) is 21.1. The second-order valence-corrected chi connectivity index (χ2v) is 10.9. The molecule has 8 nitrogen and oxygen atoms in total. The molecule has 8 heteroatoms. The molecule has 4 aliphatic rings. The van der Waals surface area contributed by atoms with Crippen LogP contribution < -0.4 is 10.1 Å². The topological polar surface area (TPSA) is 91.8 Å². The van der Waals surface area contributed by atoms with Gasteiger partial charge in [-0.2, -0.15) is 0 Å². The number of pyridine rings is 1. The molecule has 194 valence electrons. The van der Waals surface area contributed by atoms with Gasteiger partial charge >= 0.3 is 0 Å². The molecule has 2 aromatic carbocycles. The molecule has 1 N–H and O–H groups in total. The second kappa shape index (κ2) is 9.20. The van der Waals surface area contributed by atoms with E-state index in [1.807, 2.05) is 30.5 Å². The first-order chi connectivity index (χ1) is 18.5. The maximum atomic E-state index is 13.0. The monoisotopic (exact) mass is 510 g/mol. The van der Waals surface area contributed by atoms with Crippen molar-refractivity contribution in [2.24, 2.45) is 0 Å². The van der Waals surface area contributed by atoms with Crippen LogP contribution in [0.2, 0.25) is 0 Å². The summed E-state index contributed by atoms with van der Waals surface area (Å²) in [6, 6.07) is 16.0. The average molecular weight is 511 g/mol. The summed E-state index contributed by atoms with van der Waals surface area (Å²) in [6.45, 7) is 2.41. The number of likely N-dealkylation sites (tertiary alicyclic amines) is 1. The number of amides is 3. The molecule has 1 saturated carbocycles. The molecule has 1 unspecified atom stereocenters. The Morgan fingerprint density at radius 2 is 1.84 bits per heavy atom. The molecule has 7 rings (SSSR count). The molecule has 3 amide bonds. The fourth-order valence-corrected chi connectivity index (χ4v) is 6.71. The summed E-state index contributed by atoms with van der Waals surface area (Å²) in [5.74, 6) is 0.458. The number of aromatic nitrogens is 1. The molecular weight excluding hydrogens is 480 g/mol. The van der Waals surface area contributed by atoms with Crippen LogP contribution in [0.15, 0.2) is 54.7 Å². The van der Waals surface area contributed by atoms with Gasteiger partial charge in [-0.3, -0.25) is 29.6 Å². The van der Waals surface area contributed by atoms with Gasteiger partial charge in [-0.15, -0.1) is 0 Å². The first-order valence-corrected chi connectivity index (χ1v) is 13.6. The van der Waals surface area contributed by atoms with Crippen molar-refractivity contribution < 1.29 is 19.1 Å². The van der Waals surface area contributed by atoms with Crippen molar-refractivity contribution >= 4 is 28.6 Å². The quantitative estimate of drug-likeness (QED) is 0.529. The van der Waals surface area contributed by atoms with E-state index < -0.39 is 6.04 Å². The normalized spacial score (nSPS) is 25.9. The number of carbonyl (C=O) groups is 3. The lowest BCUT2D eigenvalue weighted by atomic mass is 9.87. The number of nitrogens with one attached hydrogen (secondary N) is 1. The minimum atomic E-state index is -0.604. The number of imide groups is 1. The minimum Gasteiger partial charge on any atom is -0.489 e. The number of hydrogen-bond donors (Lipinski definition) is 1. The van der Waals surface area contributed by atoms with Crippen LogP contribution in [0, 0.1) is 0 Å². The van der Waals surface area contributed by atoms with Gasteiger partial charge in [-0.25, -0.2) is 0 Å². The smallest absolute Gasteiger partial charge is 0.255 e. The molecule has 1 aromatic heterocycles. The zero-order valence-electron chi connectivity index (χ0n) is 21.1. The molecule has 3 atom stereocenters. The van der Waals surface area contributed by atoms with E-state index in [1.165, 1.54) is 10.9 Å². The number of benzene rings is 2. The third kappa shape index (κ3) is 3.95. The van der Waals surface area contributed by atoms with E-state index in [2.05, 4.69) is 39.5 Å². The summed E-state index contributed by atoms with van der Waals surface area (Å²) in [7, 11) is 0. The fourth-order valence-electron chi connectivity index (χ4n) is 6.71. The van der Waals surface area contributed by atoms with E-state index in [0.717, 1.165) is 49.2 Å². The first-order valence-electron chi connectivity index (χ1n) is 13.6. The molecule has 2 saturated heterocycles. The van der Waals surface area contributed by atoms with E-state index in [9.17, 15) is 14.4 Å². The molecule has 38 heavy (non-hydrogen) atoms. The molecular formula is C30H30N4O4. The fraction of sp³-hybridized carbons (Fsp3) is 0.400. The van der Waals surface area contributed by atoms with Crippen molar-refractivity contribution in [3.05, 3.63) is 71.4 Å². The number of fused-ring (bicyclic) bond motifs is 2. The zero-order chi connectivity index (χ0) is 25.8. The summed E-state index contributed by atoms with van der Waals surface area (Å²) in [5.41, 5.74) is 3.92. The largest absolute Gasteiger partial charge is 0.489 e. The van der Waals surface area contributed by atoms with Crippen LogP contribution >= 0.6 is 0 Å². The van der Waals surface area contributed by atoms with Gasteiger partial charge in [-0.1, -0.05) is 18.2 Å². The van der Waals surface area contributed by atoms with Gasteiger partial charge in [0.25, 0.3) is 5.91 Å². The van der Waals surface area contributed by atoms with Crippen molar-refractivity contribution in [1.82, 2.24) is 20.1 Å². The van der Waals surface area contributed by atoms with Crippen LogP contribution in [-0.4, -0.2) is 63.8 Å². The van der Waals surface area contributed by atoms with Gasteiger partial charge in [0, 0.05) is 55.2 Å². The Balaban J connectivity index is 1.02. The molecule has 4 heterocycles. The Morgan fingerprint density at radius 1 is 0.974 bits per heavy atom. The van der Waals surface area contributed by atoms with Crippen LogP contribution in [0.25, 0.3) is 10.9 Å². The molecule has 0 spiro atoms. The molecule has 0 radical (unpaired) electrons. The predicted octanol–water partition coefficient (Wildman–Crippen LogP) is 3.40. The standard InChI is InChI=1S/C30H30N4O4/c35-28-11-10-26(29(36)32-28)34-17-18-14-20(8-9-22(18)30(34)37)38-27-7-3-6-25(27)33-15-19(16-33)21-12-13-31-24-5-2-1-4-23(21)24/h1-2,4-5,8-9,12-14,19,25-27H,3,6-7,10-11,15-17H2,(H,32,35,36)/t25-,26?,27+/m0/s1. The van der Waals surface area contributed by atoms with Crippen molar-refractivity contribution in [2.75, 3.05) is 13.1 Å². The molecule has 3 aliphatic heterocycles. The van der Waals surface area contributed by atoms with Crippen molar-refractivity contribution in [1.29, 1.82) is 0 Å². The summed E-state index contributed by atoms with van der Waals surface area (Å²) in [5, 5.41) is 3.61. The minimum absolute atomic E-state index is 0.117. The SMILES string of the molecule is O=C1CCC(N2Cc3cc(O[C@@H]4CCC[C@@H]4N4CC(c5ccnc6ccccc56)C4)ccc3C2=O)C(=O)N1. The first kappa shape index (κ1) is 23.3. The van der Waals surface area contributed by atoms with E-state index in [0.29, 0.717) is 30.5 Å². The predicted molar refractivity (Wildman–Crippen MR) is 141 cm³/mol. The van der Waals surface area contributed by atoms with E-state index in [-0.39, 0.29) is 30.2 Å². The summed E-state index contributed by atoms with van der Waals surface area (Å²) < 4.78 is 6.53. The van der Waals surface area contributed by atoms with E-state index in [4.69, 9.17) is 4.74 Å². The second-order valence-electron chi connectivity index (χ2n) is 10.9. The Hall–Kier alpha value is -3.78. The van der Waals surface area contributed by atoms with Gasteiger partial charge in [0.2, 0.25) is 11.8 Å². The maximum absolute atomic E-state index is 13.0. The van der Waals surface area contributed by atoms with Crippen LogP contribution in [-0.2, 0) is 16.1 Å². The van der Waals surface area contributed by atoms with Crippen molar-refractivity contribution in [2.45, 2.75) is 62.8 Å². The lowest BCUT2D eigenvalue weighted by Gasteiger charge is -2.45.